The number of nitrogens with one attached hydrogen (secondary N) is 1. The summed E-state index contributed by atoms with van der Waals surface area (Å²) in [6.45, 7) is 0.576. The Morgan fingerprint density at radius 2 is 2.00 bits per heavy atom. The molecule has 3 rings (SSSR count). The van der Waals surface area contributed by atoms with E-state index in [0.29, 0.717) is 6.61 Å². The molecule has 2 aromatic rings. The van der Waals surface area contributed by atoms with Gasteiger partial charge in [0, 0.05) is 19.4 Å². The minimum Gasteiger partial charge on any atom is -0.486 e. The van der Waals surface area contributed by atoms with Crippen molar-refractivity contribution in [1.82, 2.24) is 9.97 Å². The van der Waals surface area contributed by atoms with Gasteiger partial charge in [-0.3, -0.25) is 4.98 Å². The minimum absolute atomic E-state index is 0.0524. The van der Waals surface area contributed by atoms with Crippen molar-refractivity contribution in [2.75, 3.05) is 19.0 Å². The molecule has 2 heterocycles. The molecular formula is C15H17N3O2. The van der Waals surface area contributed by atoms with Gasteiger partial charge in [0.05, 0.1) is 5.69 Å². The van der Waals surface area contributed by atoms with Gasteiger partial charge in [0.15, 0.2) is 11.5 Å². The summed E-state index contributed by atoms with van der Waals surface area (Å²) in [6, 6.07) is 7.75. The van der Waals surface area contributed by atoms with Crippen LogP contribution in [0, 0.1) is 0 Å². The Hall–Kier alpha value is -2.30. The molecule has 1 aromatic carbocycles. The molecule has 1 atom stereocenters. The Morgan fingerprint density at radius 3 is 2.85 bits per heavy atom. The van der Waals surface area contributed by atoms with E-state index in [1.54, 1.807) is 12.4 Å². The van der Waals surface area contributed by atoms with Crippen LogP contribution in [0.1, 0.15) is 12.1 Å². The van der Waals surface area contributed by atoms with Crippen LogP contribution in [0.25, 0.3) is 0 Å². The largest absolute Gasteiger partial charge is 0.486 e. The van der Waals surface area contributed by atoms with Crippen molar-refractivity contribution in [2.24, 2.45) is 0 Å². The van der Waals surface area contributed by atoms with E-state index in [1.807, 2.05) is 31.3 Å². The van der Waals surface area contributed by atoms with Gasteiger partial charge >= 0.3 is 0 Å². The highest BCUT2D eigenvalue weighted by Gasteiger charge is 2.20. The highest BCUT2D eigenvalue weighted by atomic mass is 16.6. The van der Waals surface area contributed by atoms with Crippen LogP contribution in [-0.2, 0) is 6.42 Å². The van der Waals surface area contributed by atoms with Crippen LogP contribution in [0.15, 0.2) is 36.7 Å². The fraction of sp³-hybridized carbons (Fsp3) is 0.333. The van der Waals surface area contributed by atoms with Crippen molar-refractivity contribution >= 4 is 5.82 Å². The Kier molecular flexibility index (Phi) is 3.67. The number of fused-ring (bicyclic) bond motifs is 1. The summed E-state index contributed by atoms with van der Waals surface area (Å²) in [5, 5.41) is 3.05. The quantitative estimate of drug-likeness (QED) is 0.924. The first-order valence-corrected chi connectivity index (χ1v) is 6.73. The van der Waals surface area contributed by atoms with Crippen molar-refractivity contribution in [3.8, 4) is 11.5 Å². The number of aryl methyl sites for hydroxylation is 1. The van der Waals surface area contributed by atoms with Crippen LogP contribution in [0.2, 0.25) is 0 Å². The Balaban J connectivity index is 1.63. The summed E-state index contributed by atoms with van der Waals surface area (Å²) in [7, 11) is 1.85. The maximum absolute atomic E-state index is 5.93. The van der Waals surface area contributed by atoms with E-state index in [0.717, 1.165) is 35.9 Å². The van der Waals surface area contributed by atoms with Crippen LogP contribution in [-0.4, -0.2) is 29.7 Å². The van der Waals surface area contributed by atoms with Crippen LogP contribution in [0.3, 0.4) is 0 Å². The van der Waals surface area contributed by atoms with E-state index < -0.39 is 0 Å². The first-order valence-electron chi connectivity index (χ1n) is 6.73. The van der Waals surface area contributed by atoms with Gasteiger partial charge < -0.3 is 14.8 Å². The van der Waals surface area contributed by atoms with Gasteiger partial charge in [0.1, 0.15) is 18.5 Å². The molecule has 0 aliphatic carbocycles. The fourth-order valence-corrected chi connectivity index (χ4v) is 2.26. The van der Waals surface area contributed by atoms with E-state index in [4.69, 9.17) is 9.47 Å². The van der Waals surface area contributed by atoms with Crippen molar-refractivity contribution in [3.05, 3.63) is 42.4 Å². The zero-order chi connectivity index (χ0) is 13.8. The minimum atomic E-state index is 0.0524. The lowest BCUT2D eigenvalue weighted by Crippen LogP contribution is -2.29. The first kappa shape index (κ1) is 12.7. The third kappa shape index (κ3) is 2.66. The summed E-state index contributed by atoms with van der Waals surface area (Å²) in [6.07, 6.45) is 5.11. The van der Waals surface area contributed by atoms with E-state index in [9.17, 15) is 0 Å². The summed E-state index contributed by atoms with van der Waals surface area (Å²) in [5.41, 5.74) is 0.956. The van der Waals surface area contributed by atoms with Crippen LogP contribution in [0.5, 0.6) is 11.5 Å². The Labute approximate surface area is 118 Å². The first-order chi connectivity index (χ1) is 9.86. The number of benzene rings is 1. The summed E-state index contributed by atoms with van der Waals surface area (Å²) in [5.74, 6) is 2.46. The SMILES string of the molecule is CNc1nccnc1CC[C@H]1COc2ccccc2O1. The molecule has 104 valence electrons. The molecule has 0 amide bonds. The van der Waals surface area contributed by atoms with Crippen LogP contribution in [0.4, 0.5) is 5.82 Å². The zero-order valence-electron chi connectivity index (χ0n) is 11.4. The smallest absolute Gasteiger partial charge is 0.161 e. The van der Waals surface area contributed by atoms with Crippen LogP contribution < -0.4 is 14.8 Å². The highest BCUT2D eigenvalue weighted by molar-refractivity contribution is 5.41. The van der Waals surface area contributed by atoms with Gasteiger partial charge in [-0.25, -0.2) is 4.98 Å². The predicted octanol–water partition coefficient (Wildman–Crippen LogP) is 2.29. The van der Waals surface area contributed by atoms with Gasteiger partial charge in [0.2, 0.25) is 0 Å². The van der Waals surface area contributed by atoms with Gasteiger partial charge in [-0.05, 0) is 25.0 Å². The van der Waals surface area contributed by atoms with Gasteiger partial charge in [-0.2, -0.15) is 0 Å². The number of ether oxygens (including phenoxy) is 2. The maximum Gasteiger partial charge on any atom is 0.161 e. The summed E-state index contributed by atoms with van der Waals surface area (Å²) < 4.78 is 11.6. The fourth-order valence-electron chi connectivity index (χ4n) is 2.26. The van der Waals surface area contributed by atoms with Gasteiger partial charge in [0.25, 0.3) is 0 Å². The average molecular weight is 271 g/mol. The molecule has 0 fully saturated rings. The van der Waals surface area contributed by atoms with E-state index >= 15 is 0 Å². The van der Waals surface area contributed by atoms with Crippen molar-refractivity contribution in [2.45, 2.75) is 18.9 Å². The molecule has 20 heavy (non-hydrogen) atoms. The molecule has 5 nitrogen and oxygen atoms in total. The van der Waals surface area contributed by atoms with Gasteiger partial charge in [-0.15, -0.1) is 0 Å². The number of para-hydroxylation sites is 2. The number of hydrogen-bond donors (Lipinski definition) is 1. The van der Waals surface area contributed by atoms with E-state index in [-0.39, 0.29) is 6.10 Å². The molecule has 0 spiro atoms. The zero-order valence-corrected chi connectivity index (χ0v) is 11.4. The predicted molar refractivity (Wildman–Crippen MR) is 76.3 cm³/mol. The standard InChI is InChI=1S/C15H17N3O2/c1-16-15-12(17-8-9-18-15)7-6-11-10-19-13-4-2-3-5-14(13)20-11/h2-5,8-9,11H,6-7,10H2,1H3,(H,16,18)/t11-/m0/s1. The number of hydrogen-bond acceptors (Lipinski definition) is 5. The lowest BCUT2D eigenvalue weighted by atomic mass is 10.1. The molecule has 0 saturated carbocycles. The van der Waals surface area contributed by atoms with Gasteiger partial charge in [-0.1, -0.05) is 12.1 Å². The monoisotopic (exact) mass is 271 g/mol. The van der Waals surface area contributed by atoms with Crippen molar-refractivity contribution in [1.29, 1.82) is 0 Å². The molecular weight excluding hydrogens is 254 g/mol. The van der Waals surface area contributed by atoms with Crippen molar-refractivity contribution < 1.29 is 9.47 Å². The van der Waals surface area contributed by atoms with Crippen molar-refractivity contribution in [3.63, 3.8) is 0 Å². The molecule has 0 unspecified atom stereocenters. The van der Waals surface area contributed by atoms with E-state index in [2.05, 4.69) is 15.3 Å². The third-order valence-electron chi connectivity index (χ3n) is 3.28. The number of rotatable bonds is 4. The lowest BCUT2D eigenvalue weighted by Gasteiger charge is -2.26. The summed E-state index contributed by atoms with van der Waals surface area (Å²) in [4.78, 5) is 8.61. The second-order valence-corrected chi connectivity index (χ2v) is 4.64. The normalized spacial score (nSPS) is 16.8. The van der Waals surface area contributed by atoms with E-state index in [1.165, 1.54) is 0 Å². The highest BCUT2D eigenvalue weighted by Crippen LogP contribution is 2.31. The molecule has 1 aromatic heterocycles. The topological polar surface area (TPSA) is 56.3 Å². The molecule has 5 heteroatoms. The second-order valence-electron chi connectivity index (χ2n) is 4.64. The van der Waals surface area contributed by atoms with Crippen LogP contribution >= 0.6 is 0 Å². The molecule has 1 aliphatic heterocycles. The Morgan fingerprint density at radius 1 is 1.20 bits per heavy atom. The molecule has 0 radical (unpaired) electrons. The Bertz CT molecular complexity index is 589. The average Bonchev–Trinajstić information content (AvgIpc) is 2.53. The lowest BCUT2D eigenvalue weighted by molar-refractivity contribution is 0.0849. The number of nitrogens with zero attached hydrogens (tertiary/aromatic N) is 2. The molecule has 0 bridgehead atoms. The number of anilines is 1. The maximum atomic E-state index is 5.93. The third-order valence-corrected chi connectivity index (χ3v) is 3.28. The number of aromatic nitrogens is 2. The second kappa shape index (κ2) is 5.77. The molecule has 1 N–H and O–H groups in total. The molecule has 0 saturated heterocycles. The summed E-state index contributed by atoms with van der Waals surface area (Å²) >= 11 is 0. The molecule has 1 aliphatic rings.